The van der Waals surface area contributed by atoms with Gasteiger partial charge >= 0.3 is 0 Å². The van der Waals surface area contributed by atoms with Gasteiger partial charge in [-0.1, -0.05) is 18.2 Å². The van der Waals surface area contributed by atoms with Gasteiger partial charge in [-0.25, -0.2) is 0 Å². The first kappa shape index (κ1) is 13.6. The minimum absolute atomic E-state index is 0.176. The Bertz CT molecular complexity index is 448. The summed E-state index contributed by atoms with van der Waals surface area (Å²) in [5.41, 5.74) is 0.965. The first-order chi connectivity index (χ1) is 9.74. The van der Waals surface area contributed by atoms with Crippen molar-refractivity contribution in [2.45, 2.75) is 18.9 Å². The van der Waals surface area contributed by atoms with Crippen LogP contribution in [0.15, 0.2) is 30.3 Å². The largest absolute Gasteiger partial charge is 0.314 e. The van der Waals surface area contributed by atoms with Gasteiger partial charge in [-0.2, -0.15) is 0 Å². The van der Waals surface area contributed by atoms with E-state index in [1.165, 1.54) is 12.8 Å². The van der Waals surface area contributed by atoms with E-state index >= 15 is 0 Å². The Morgan fingerprint density at radius 3 is 2.90 bits per heavy atom. The minimum atomic E-state index is 0.176. The van der Waals surface area contributed by atoms with E-state index in [0.717, 1.165) is 31.2 Å². The van der Waals surface area contributed by atoms with Crippen molar-refractivity contribution >= 4 is 11.6 Å². The lowest BCUT2D eigenvalue weighted by molar-refractivity contribution is -0.119. The molecule has 1 aromatic carbocycles. The van der Waals surface area contributed by atoms with E-state index in [1.807, 2.05) is 37.4 Å². The second kappa shape index (κ2) is 5.94. The van der Waals surface area contributed by atoms with Gasteiger partial charge in [0.1, 0.15) is 0 Å². The maximum atomic E-state index is 12.4. The Morgan fingerprint density at radius 2 is 2.15 bits per heavy atom. The number of anilines is 1. The maximum absolute atomic E-state index is 12.4. The zero-order chi connectivity index (χ0) is 13.9. The minimum Gasteiger partial charge on any atom is -0.314 e. The molecule has 0 aliphatic carbocycles. The first-order valence-corrected chi connectivity index (χ1v) is 7.51. The molecular weight excluding hydrogens is 250 g/mol. The summed E-state index contributed by atoms with van der Waals surface area (Å²) in [4.78, 5) is 16.4. The molecule has 0 spiro atoms. The zero-order valence-electron chi connectivity index (χ0n) is 12.1. The van der Waals surface area contributed by atoms with Crippen LogP contribution >= 0.6 is 0 Å². The molecule has 2 fully saturated rings. The van der Waals surface area contributed by atoms with Gasteiger partial charge in [0.05, 0.1) is 6.54 Å². The molecule has 3 rings (SSSR count). The van der Waals surface area contributed by atoms with E-state index < -0.39 is 0 Å². The molecular formula is C16H23N3O. The number of nitrogens with zero attached hydrogens (tertiary/aromatic N) is 2. The van der Waals surface area contributed by atoms with E-state index in [0.29, 0.717) is 12.6 Å². The molecule has 0 aromatic heterocycles. The molecule has 20 heavy (non-hydrogen) atoms. The standard InChI is InChI=1S/C16H23N3O/c1-18(14-7-3-2-4-8-14)16(20)12-19-10-13-6-5-9-17-15(13)11-19/h2-4,7-8,13,15,17H,5-6,9-12H2,1H3. The summed E-state index contributed by atoms with van der Waals surface area (Å²) in [6, 6.07) is 10.4. The van der Waals surface area contributed by atoms with Crippen LogP contribution in [-0.2, 0) is 4.79 Å². The van der Waals surface area contributed by atoms with E-state index in [9.17, 15) is 4.79 Å². The van der Waals surface area contributed by atoms with Crippen LogP contribution in [0.4, 0.5) is 5.69 Å². The molecule has 0 radical (unpaired) electrons. The van der Waals surface area contributed by atoms with Crippen molar-refractivity contribution in [1.29, 1.82) is 0 Å². The molecule has 4 heteroatoms. The van der Waals surface area contributed by atoms with Crippen LogP contribution in [0.2, 0.25) is 0 Å². The fourth-order valence-corrected chi connectivity index (χ4v) is 3.36. The summed E-state index contributed by atoms with van der Waals surface area (Å²) in [5, 5.41) is 3.58. The lowest BCUT2D eigenvalue weighted by atomic mass is 9.94. The van der Waals surface area contributed by atoms with Crippen LogP contribution < -0.4 is 10.2 Å². The van der Waals surface area contributed by atoms with Crippen molar-refractivity contribution in [2.24, 2.45) is 5.92 Å². The van der Waals surface area contributed by atoms with Gasteiger partial charge in [-0.05, 0) is 37.4 Å². The molecule has 1 aromatic rings. The fourth-order valence-electron chi connectivity index (χ4n) is 3.36. The van der Waals surface area contributed by atoms with Crippen LogP contribution in [0.3, 0.4) is 0 Å². The summed E-state index contributed by atoms with van der Waals surface area (Å²) >= 11 is 0. The molecule has 4 nitrogen and oxygen atoms in total. The van der Waals surface area contributed by atoms with E-state index in [-0.39, 0.29) is 5.91 Å². The molecule has 0 bridgehead atoms. The number of carbonyl (C=O) groups is 1. The number of para-hydroxylation sites is 1. The fraction of sp³-hybridized carbons (Fsp3) is 0.562. The van der Waals surface area contributed by atoms with Crippen LogP contribution in [0.25, 0.3) is 0 Å². The monoisotopic (exact) mass is 273 g/mol. The van der Waals surface area contributed by atoms with Crippen molar-refractivity contribution in [2.75, 3.05) is 38.1 Å². The van der Waals surface area contributed by atoms with Crippen molar-refractivity contribution in [1.82, 2.24) is 10.2 Å². The number of rotatable bonds is 3. The lowest BCUT2D eigenvalue weighted by Gasteiger charge is -2.24. The molecule has 2 aliphatic heterocycles. The molecule has 1 amide bonds. The lowest BCUT2D eigenvalue weighted by Crippen LogP contribution is -2.41. The number of likely N-dealkylation sites (N-methyl/N-ethyl adjacent to an activating group) is 1. The summed E-state index contributed by atoms with van der Waals surface area (Å²) in [5.74, 6) is 0.911. The van der Waals surface area contributed by atoms with Crippen molar-refractivity contribution in [3.8, 4) is 0 Å². The normalized spacial score (nSPS) is 26.2. The van der Waals surface area contributed by atoms with Gasteiger partial charge < -0.3 is 10.2 Å². The van der Waals surface area contributed by atoms with Crippen molar-refractivity contribution in [3.63, 3.8) is 0 Å². The van der Waals surface area contributed by atoms with Crippen LogP contribution in [0.5, 0.6) is 0 Å². The highest BCUT2D eigenvalue weighted by atomic mass is 16.2. The van der Waals surface area contributed by atoms with Gasteiger partial charge in [0.15, 0.2) is 0 Å². The second-order valence-electron chi connectivity index (χ2n) is 5.95. The predicted octanol–water partition coefficient (Wildman–Crippen LogP) is 1.33. The predicted molar refractivity (Wildman–Crippen MR) is 80.8 cm³/mol. The molecule has 0 saturated carbocycles. The Kier molecular flexibility index (Phi) is 4.03. The van der Waals surface area contributed by atoms with Gasteiger partial charge in [0.2, 0.25) is 5.91 Å². The summed E-state index contributed by atoms with van der Waals surface area (Å²) in [6.45, 7) is 3.73. The zero-order valence-corrected chi connectivity index (χ0v) is 12.1. The third-order valence-electron chi connectivity index (χ3n) is 4.55. The molecule has 2 atom stereocenters. The van der Waals surface area contributed by atoms with Gasteiger partial charge in [0.25, 0.3) is 0 Å². The average molecular weight is 273 g/mol. The number of likely N-dealkylation sites (tertiary alicyclic amines) is 1. The van der Waals surface area contributed by atoms with Crippen LogP contribution in [0, 0.1) is 5.92 Å². The third kappa shape index (κ3) is 2.86. The highest BCUT2D eigenvalue weighted by Crippen LogP contribution is 2.24. The SMILES string of the molecule is CN(C(=O)CN1CC2CCCNC2C1)c1ccccc1. The van der Waals surface area contributed by atoms with E-state index in [1.54, 1.807) is 4.90 Å². The highest BCUT2D eigenvalue weighted by Gasteiger charge is 2.35. The number of hydrogen-bond donors (Lipinski definition) is 1. The van der Waals surface area contributed by atoms with E-state index in [4.69, 9.17) is 0 Å². The number of hydrogen-bond acceptors (Lipinski definition) is 3. The third-order valence-corrected chi connectivity index (χ3v) is 4.55. The Morgan fingerprint density at radius 1 is 1.35 bits per heavy atom. The Balaban J connectivity index is 1.57. The number of amides is 1. The second-order valence-corrected chi connectivity index (χ2v) is 5.95. The Hall–Kier alpha value is -1.39. The van der Waals surface area contributed by atoms with E-state index in [2.05, 4.69) is 10.2 Å². The number of fused-ring (bicyclic) bond motifs is 1. The summed E-state index contributed by atoms with van der Waals surface area (Å²) in [6.07, 6.45) is 2.57. The molecule has 108 valence electrons. The average Bonchev–Trinajstić information content (AvgIpc) is 2.89. The molecule has 2 saturated heterocycles. The number of piperidine rings is 1. The number of benzene rings is 1. The first-order valence-electron chi connectivity index (χ1n) is 7.51. The van der Waals surface area contributed by atoms with Crippen molar-refractivity contribution in [3.05, 3.63) is 30.3 Å². The van der Waals surface area contributed by atoms with Gasteiger partial charge in [-0.3, -0.25) is 9.69 Å². The quantitative estimate of drug-likeness (QED) is 0.902. The Labute approximate surface area is 120 Å². The van der Waals surface area contributed by atoms with Gasteiger partial charge in [-0.15, -0.1) is 0 Å². The number of carbonyl (C=O) groups excluding carboxylic acids is 1. The smallest absolute Gasteiger partial charge is 0.240 e. The van der Waals surface area contributed by atoms with Crippen LogP contribution in [-0.4, -0.2) is 50.1 Å². The number of nitrogens with one attached hydrogen (secondary N) is 1. The van der Waals surface area contributed by atoms with Crippen molar-refractivity contribution < 1.29 is 4.79 Å². The summed E-state index contributed by atoms with van der Waals surface area (Å²) < 4.78 is 0. The summed E-state index contributed by atoms with van der Waals surface area (Å²) in [7, 11) is 1.86. The van der Waals surface area contributed by atoms with Crippen LogP contribution in [0.1, 0.15) is 12.8 Å². The maximum Gasteiger partial charge on any atom is 0.240 e. The van der Waals surface area contributed by atoms with Gasteiger partial charge in [0, 0.05) is 31.9 Å². The molecule has 1 N–H and O–H groups in total. The topological polar surface area (TPSA) is 35.6 Å². The highest BCUT2D eigenvalue weighted by molar-refractivity contribution is 5.94. The molecule has 2 aliphatic rings. The molecule has 2 heterocycles. The molecule has 2 unspecified atom stereocenters.